The predicted molar refractivity (Wildman–Crippen MR) is 197 cm³/mol. The normalized spacial score (nSPS) is 29.6. The molecule has 18 heteroatoms. The largest absolute Gasteiger partial charge is 0.490 e. The van der Waals surface area contributed by atoms with E-state index in [1.54, 1.807) is 17.8 Å². The van der Waals surface area contributed by atoms with E-state index in [1.807, 2.05) is 18.0 Å². The Balaban J connectivity index is 0.000000579. The van der Waals surface area contributed by atoms with Gasteiger partial charge in [0.2, 0.25) is 0 Å². The maximum atomic E-state index is 14.6. The fourth-order valence-electron chi connectivity index (χ4n) is 10.2. The number of hydrogen-bond donors (Lipinski definition) is 4. The summed E-state index contributed by atoms with van der Waals surface area (Å²) in [7, 11) is 3.55. The number of carbonyl (C=O) groups is 2. The van der Waals surface area contributed by atoms with Crippen LogP contribution >= 0.6 is 0 Å². The van der Waals surface area contributed by atoms with Gasteiger partial charge in [-0.05, 0) is 79.5 Å². The van der Waals surface area contributed by atoms with Crippen LogP contribution in [0.15, 0.2) is 30.5 Å². The number of piperazine rings is 1. The number of carboxylic acid groups (broad SMARTS) is 1. The average Bonchev–Trinajstić information content (AvgIpc) is 3.76. The molecule has 1 amide bonds. The zero-order valence-corrected chi connectivity index (χ0v) is 31.5. The summed E-state index contributed by atoms with van der Waals surface area (Å²) in [6.07, 6.45) is 3.50. The molecule has 304 valence electrons. The van der Waals surface area contributed by atoms with Gasteiger partial charge in [-0.25, -0.2) is 23.1 Å². The Kier molecular flexibility index (Phi) is 9.93. The van der Waals surface area contributed by atoms with Crippen LogP contribution in [0.5, 0.6) is 0 Å². The zero-order chi connectivity index (χ0) is 39.6. The Morgan fingerprint density at radius 3 is 2.43 bits per heavy atom. The van der Waals surface area contributed by atoms with Crippen molar-refractivity contribution in [1.82, 2.24) is 35.0 Å². The summed E-state index contributed by atoms with van der Waals surface area (Å²) in [5, 5.41) is 21.3. The van der Waals surface area contributed by atoms with Crippen molar-refractivity contribution in [2.45, 2.75) is 80.6 Å². The summed E-state index contributed by atoms with van der Waals surface area (Å²) < 4.78 is 68.0. The number of aliphatic carboxylic acids is 1. The number of imidazole rings is 1. The number of alkyl halides is 5. The number of halogens is 5. The highest BCUT2D eigenvalue weighted by molar-refractivity contribution is 5.94. The standard InChI is InChI=1S/C36H47F2N9O2.C2HF3O2/c1-39-26-16-31(43-47-28(17-41-32(26)47)33(48)42-25-6-7-29(25)49-2)46-11-9-23-24(4-3-5-27(23)46)35-18-34(19-35,20-35)22-44-12-14-45(15-13-44)30-8-10-40-21-36(30,37)38;3-2(4,5)1(6)7/h3-5,16-17,25,29-30,39-40H,6-15,18-22H2,1-2H3,(H,42,48);(H,6,7)/t25-,29-,30?,34?,35?;/m1./s1. The maximum Gasteiger partial charge on any atom is 0.490 e. The lowest BCUT2D eigenvalue weighted by Gasteiger charge is -2.72. The van der Waals surface area contributed by atoms with Crippen LogP contribution < -0.4 is 20.9 Å². The van der Waals surface area contributed by atoms with Crippen LogP contribution in [-0.2, 0) is 21.4 Å². The van der Waals surface area contributed by atoms with Crippen molar-refractivity contribution in [1.29, 1.82) is 0 Å². The molecule has 56 heavy (non-hydrogen) atoms. The molecular weight excluding hydrogens is 741 g/mol. The van der Waals surface area contributed by atoms with Crippen LogP contribution in [0.1, 0.15) is 60.1 Å². The minimum atomic E-state index is -5.08. The smallest absolute Gasteiger partial charge is 0.475 e. The van der Waals surface area contributed by atoms with E-state index in [0.717, 1.165) is 70.0 Å². The van der Waals surface area contributed by atoms with Crippen LogP contribution in [0, 0.1) is 5.41 Å². The van der Waals surface area contributed by atoms with E-state index in [9.17, 15) is 26.7 Å². The first kappa shape index (κ1) is 38.7. The summed E-state index contributed by atoms with van der Waals surface area (Å²) >= 11 is 0. The van der Waals surface area contributed by atoms with Gasteiger partial charge in [0.1, 0.15) is 0 Å². The Hall–Kier alpha value is -4.13. The SMILES string of the molecule is CNc1cc(N2CCc3c2cccc3C23CC(CN4CCN(C5CCNCC5(F)F)CC4)(C2)C3)nn2c(C(=O)N[C@@H]3CC[C@H]3OC)cnc12.O=C(O)C(F)(F)F. The monoisotopic (exact) mass is 789 g/mol. The lowest BCUT2D eigenvalue weighted by atomic mass is 9.33. The van der Waals surface area contributed by atoms with Gasteiger partial charge in [-0.2, -0.15) is 13.2 Å². The highest BCUT2D eigenvalue weighted by Crippen LogP contribution is 2.74. The molecule has 1 unspecified atom stereocenters. The number of fused-ring (bicyclic) bond motifs is 2. The number of carbonyl (C=O) groups excluding carboxylic acids is 1. The molecule has 7 aliphatic rings. The molecule has 4 aliphatic carbocycles. The van der Waals surface area contributed by atoms with Gasteiger partial charge in [-0.1, -0.05) is 12.1 Å². The summed E-state index contributed by atoms with van der Waals surface area (Å²) in [5.74, 6) is -4.81. The molecule has 6 fully saturated rings. The third kappa shape index (κ3) is 6.85. The number of rotatable bonds is 9. The number of aromatic nitrogens is 3. The summed E-state index contributed by atoms with van der Waals surface area (Å²) in [5.41, 5.74) is 6.54. The molecule has 0 radical (unpaired) electrons. The second kappa shape index (κ2) is 14.4. The minimum Gasteiger partial charge on any atom is -0.475 e. The van der Waals surface area contributed by atoms with Gasteiger partial charge in [0, 0.05) is 65.2 Å². The van der Waals surface area contributed by atoms with Crippen LogP contribution in [-0.4, -0.2) is 138 Å². The molecule has 2 saturated heterocycles. The molecule has 4 N–H and O–H groups in total. The number of ether oxygens (including phenoxy) is 1. The number of nitrogens with one attached hydrogen (secondary N) is 3. The molecule has 2 aromatic heterocycles. The summed E-state index contributed by atoms with van der Waals surface area (Å²) in [6, 6.07) is 8.13. The molecule has 5 heterocycles. The maximum absolute atomic E-state index is 14.6. The number of benzene rings is 1. The fourth-order valence-corrected chi connectivity index (χ4v) is 10.2. The van der Waals surface area contributed by atoms with Crippen molar-refractivity contribution < 1.29 is 41.4 Å². The Labute approximate surface area is 320 Å². The van der Waals surface area contributed by atoms with Crippen molar-refractivity contribution in [2.24, 2.45) is 5.41 Å². The number of carboxylic acids is 1. The van der Waals surface area contributed by atoms with Crippen molar-refractivity contribution >= 4 is 34.7 Å². The molecule has 2 bridgehead atoms. The molecule has 1 aromatic carbocycles. The first-order valence-corrected chi connectivity index (χ1v) is 19.3. The Morgan fingerprint density at radius 1 is 1.07 bits per heavy atom. The van der Waals surface area contributed by atoms with Crippen molar-refractivity contribution in [3.05, 3.63) is 47.3 Å². The Bertz CT molecular complexity index is 1960. The summed E-state index contributed by atoms with van der Waals surface area (Å²) in [4.78, 5) is 33.6. The fraction of sp³-hybridized carbons (Fsp3) is 0.632. The molecule has 13 nitrogen and oxygen atoms in total. The van der Waals surface area contributed by atoms with Crippen LogP contribution in [0.25, 0.3) is 5.65 Å². The van der Waals surface area contributed by atoms with E-state index in [-0.39, 0.29) is 30.0 Å². The van der Waals surface area contributed by atoms with Gasteiger partial charge in [0.05, 0.1) is 36.6 Å². The van der Waals surface area contributed by atoms with E-state index < -0.39 is 24.1 Å². The third-order valence-electron chi connectivity index (χ3n) is 12.9. The first-order valence-electron chi connectivity index (χ1n) is 19.3. The lowest BCUT2D eigenvalue weighted by molar-refractivity contribution is -0.192. The van der Waals surface area contributed by atoms with E-state index >= 15 is 0 Å². The topological polar surface area (TPSA) is 140 Å². The van der Waals surface area contributed by atoms with Crippen molar-refractivity contribution in [2.75, 3.05) is 76.7 Å². The molecular formula is C38H48F5N9O4. The van der Waals surface area contributed by atoms with Crippen LogP contribution in [0.3, 0.4) is 0 Å². The second-order valence-electron chi connectivity index (χ2n) is 16.3. The molecule has 3 atom stereocenters. The second-order valence-corrected chi connectivity index (χ2v) is 16.3. The van der Waals surface area contributed by atoms with Gasteiger partial charge in [-0.3, -0.25) is 9.69 Å². The average molecular weight is 790 g/mol. The number of anilines is 3. The lowest BCUT2D eigenvalue weighted by Crippen LogP contribution is -2.69. The van der Waals surface area contributed by atoms with Crippen molar-refractivity contribution in [3.63, 3.8) is 0 Å². The summed E-state index contributed by atoms with van der Waals surface area (Å²) in [6.45, 7) is 5.61. The van der Waals surface area contributed by atoms with E-state index in [2.05, 4.69) is 48.9 Å². The van der Waals surface area contributed by atoms with Crippen LogP contribution in [0.4, 0.5) is 39.1 Å². The highest BCUT2D eigenvalue weighted by Gasteiger charge is 2.68. The first-order chi connectivity index (χ1) is 26.7. The van der Waals surface area contributed by atoms with Gasteiger partial charge in [-0.15, -0.1) is 5.10 Å². The Morgan fingerprint density at radius 2 is 1.80 bits per heavy atom. The molecule has 4 saturated carbocycles. The van der Waals surface area contributed by atoms with E-state index in [1.165, 1.54) is 36.1 Å². The number of amides is 1. The van der Waals surface area contributed by atoms with Gasteiger partial charge in [0.15, 0.2) is 17.2 Å². The number of methoxy groups -OCH3 is 1. The van der Waals surface area contributed by atoms with Crippen molar-refractivity contribution in [3.8, 4) is 0 Å². The quantitative estimate of drug-likeness (QED) is 0.234. The van der Waals surface area contributed by atoms with E-state index in [4.69, 9.17) is 19.7 Å². The number of piperidine rings is 1. The predicted octanol–water partition coefficient (Wildman–Crippen LogP) is 4.04. The number of nitrogens with zero attached hydrogens (tertiary/aromatic N) is 6. The minimum absolute atomic E-state index is 0.000260. The molecule has 10 rings (SSSR count). The third-order valence-corrected chi connectivity index (χ3v) is 12.9. The molecule has 3 aliphatic heterocycles. The molecule has 0 spiro atoms. The van der Waals surface area contributed by atoms with Crippen LogP contribution in [0.2, 0.25) is 0 Å². The number of hydrogen-bond acceptors (Lipinski definition) is 10. The van der Waals surface area contributed by atoms with Gasteiger partial charge >= 0.3 is 12.1 Å². The van der Waals surface area contributed by atoms with Gasteiger partial charge < -0.3 is 35.6 Å². The highest BCUT2D eigenvalue weighted by atomic mass is 19.4. The van der Waals surface area contributed by atoms with Gasteiger partial charge in [0.25, 0.3) is 11.8 Å². The molecule has 3 aromatic rings. The zero-order valence-electron chi connectivity index (χ0n) is 31.5. The van der Waals surface area contributed by atoms with E-state index in [0.29, 0.717) is 29.7 Å².